The van der Waals surface area contributed by atoms with E-state index < -0.39 is 23.7 Å². The quantitative estimate of drug-likeness (QED) is 0.539. The summed E-state index contributed by atoms with van der Waals surface area (Å²) in [5.74, 6) is -1.11. The van der Waals surface area contributed by atoms with Crippen LogP contribution in [0, 0.1) is 5.92 Å². The number of nitrogens with one attached hydrogen (secondary N) is 2. The van der Waals surface area contributed by atoms with Crippen molar-refractivity contribution in [2.75, 3.05) is 37.0 Å². The van der Waals surface area contributed by atoms with Crippen molar-refractivity contribution in [3.8, 4) is 0 Å². The van der Waals surface area contributed by atoms with Crippen LogP contribution in [-0.4, -0.2) is 78.0 Å². The van der Waals surface area contributed by atoms with Crippen LogP contribution in [0.15, 0.2) is 47.6 Å². The van der Waals surface area contributed by atoms with E-state index in [0.29, 0.717) is 44.7 Å². The molecule has 0 bridgehead atoms. The Bertz CT molecular complexity index is 1220. The highest BCUT2D eigenvalue weighted by atomic mass is 19.1. The summed E-state index contributed by atoms with van der Waals surface area (Å²) in [4.78, 5) is 57.0. The Hall–Kier alpha value is -3.69. The number of allylic oxidation sites excluding steroid dienone is 3. The van der Waals surface area contributed by atoms with Crippen molar-refractivity contribution >= 4 is 35.0 Å². The summed E-state index contributed by atoms with van der Waals surface area (Å²) in [6.07, 6.45) is 3.75. The minimum Gasteiger partial charge on any atom is -0.341 e. The molecule has 216 valence electrons. The topological polar surface area (TPSA) is 102 Å². The van der Waals surface area contributed by atoms with Gasteiger partial charge in [0.2, 0.25) is 17.7 Å². The number of carbonyl (C=O) groups excluding carboxylic acids is 4. The normalized spacial score (nSPS) is 21.3. The molecule has 40 heavy (non-hydrogen) atoms. The van der Waals surface area contributed by atoms with Gasteiger partial charge in [-0.05, 0) is 55.5 Å². The van der Waals surface area contributed by atoms with Crippen LogP contribution in [0.25, 0.3) is 0 Å². The van der Waals surface area contributed by atoms with Gasteiger partial charge in [0.05, 0.1) is 12.2 Å². The molecule has 2 atom stereocenters. The third-order valence-corrected chi connectivity index (χ3v) is 8.17. The lowest BCUT2D eigenvalue weighted by Crippen LogP contribution is -2.60. The van der Waals surface area contributed by atoms with Crippen molar-refractivity contribution in [3.63, 3.8) is 0 Å². The number of halogens is 1. The molecule has 3 aliphatic rings. The average molecular weight is 554 g/mol. The van der Waals surface area contributed by atoms with E-state index in [0.717, 1.165) is 11.3 Å². The van der Waals surface area contributed by atoms with Crippen LogP contribution in [0.1, 0.15) is 53.4 Å². The van der Waals surface area contributed by atoms with Crippen LogP contribution < -0.4 is 15.5 Å². The number of carbonyl (C=O) groups is 4. The van der Waals surface area contributed by atoms with Gasteiger partial charge in [-0.2, -0.15) is 0 Å². The number of amides is 4. The predicted octanol–water partition coefficient (Wildman–Crippen LogP) is 3.39. The summed E-state index contributed by atoms with van der Waals surface area (Å²) < 4.78 is 14.6. The maximum Gasteiger partial charge on any atom is 0.250 e. The molecule has 0 radical (unpaired) electrons. The highest BCUT2D eigenvalue weighted by Crippen LogP contribution is 2.39. The first-order valence-corrected chi connectivity index (χ1v) is 14.0. The van der Waals surface area contributed by atoms with E-state index in [1.807, 2.05) is 45.0 Å². The Morgan fingerprint density at radius 1 is 1.12 bits per heavy atom. The number of likely N-dealkylation sites (tertiary alicyclic amines) is 1. The third kappa shape index (κ3) is 5.76. The zero-order valence-electron chi connectivity index (χ0n) is 24.0. The minimum atomic E-state index is -1.39. The Kier molecular flexibility index (Phi) is 8.65. The Morgan fingerprint density at radius 3 is 2.35 bits per heavy atom. The fourth-order valence-electron chi connectivity index (χ4n) is 5.84. The lowest BCUT2D eigenvalue weighted by atomic mass is 9.85. The number of piperidine rings is 1. The zero-order chi connectivity index (χ0) is 29.2. The number of alkyl halides is 1. The number of nitrogens with zero attached hydrogens (tertiary/aromatic N) is 3. The van der Waals surface area contributed by atoms with Gasteiger partial charge in [0.15, 0.2) is 0 Å². The van der Waals surface area contributed by atoms with E-state index in [4.69, 9.17) is 0 Å². The van der Waals surface area contributed by atoms with Crippen molar-refractivity contribution in [1.82, 2.24) is 15.1 Å². The van der Waals surface area contributed by atoms with Gasteiger partial charge in [-0.15, -0.1) is 0 Å². The second kappa shape index (κ2) is 11.8. The molecule has 0 saturated carbocycles. The Labute approximate surface area is 235 Å². The molecular formula is C30H40FN5O4. The van der Waals surface area contributed by atoms with E-state index in [2.05, 4.69) is 15.5 Å². The summed E-state index contributed by atoms with van der Waals surface area (Å²) in [7, 11) is 1.77. The number of likely N-dealkylation sites (N-methyl/N-ethyl adjacent to an activating group) is 1. The van der Waals surface area contributed by atoms with E-state index in [9.17, 15) is 23.6 Å². The second-order valence-corrected chi connectivity index (χ2v) is 11.3. The Morgan fingerprint density at radius 2 is 1.77 bits per heavy atom. The largest absolute Gasteiger partial charge is 0.341 e. The van der Waals surface area contributed by atoms with Gasteiger partial charge >= 0.3 is 0 Å². The highest BCUT2D eigenvalue weighted by Gasteiger charge is 2.53. The first kappa shape index (κ1) is 29.3. The molecule has 4 rings (SSSR count). The third-order valence-electron chi connectivity index (χ3n) is 8.17. The number of hydrogen-bond acceptors (Lipinski definition) is 5. The van der Waals surface area contributed by atoms with Gasteiger partial charge in [-0.1, -0.05) is 32.4 Å². The Balaban J connectivity index is 1.47. The summed E-state index contributed by atoms with van der Waals surface area (Å²) in [6.45, 7) is 8.25. The van der Waals surface area contributed by atoms with E-state index >= 15 is 0 Å². The van der Waals surface area contributed by atoms with Crippen LogP contribution in [0.4, 0.5) is 15.8 Å². The molecule has 10 heteroatoms. The molecule has 9 nitrogen and oxygen atoms in total. The molecule has 2 fully saturated rings. The van der Waals surface area contributed by atoms with Gasteiger partial charge in [-0.3, -0.25) is 19.2 Å². The van der Waals surface area contributed by atoms with Crippen LogP contribution in [-0.2, 0) is 19.2 Å². The lowest BCUT2D eigenvalue weighted by molar-refractivity contribution is -0.141. The van der Waals surface area contributed by atoms with Gasteiger partial charge in [-0.25, -0.2) is 4.39 Å². The van der Waals surface area contributed by atoms with Gasteiger partial charge < -0.3 is 25.3 Å². The zero-order valence-corrected chi connectivity index (χ0v) is 24.0. The first-order valence-electron chi connectivity index (χ1n) is 14.0. The standard InChI is InChI=1S/C30H40FN5O4/c1-6-21-7-12-25(31)24(17-21)27(38)33-26(19(2)3)28(39)35-15-13-30(14-16-35)29(40)34(5)18-36(30)23-10-8-22(9-11-23)32-20(4)37/h7-11,17,19,25-26H,6,12-16,18H2,1-5H3,(H,32,37)(H,33,38)/t25?,26-/m1/s1. The van der Waals surface area contributed by atoms with E-state index in [1.54, 1.807) is 29.0 Å². The molecule has 1 unspecified atom stereocenters. The molecule has 0 aromatic heterocycles. The molecule has 2 aliphatic heterocycles. The summed E-state index contributed by atoms with van der Waals surface area (Å²) in [5, 5.41) is 5.56. The summed E-state index contributed by atoms with van der Waals surface area (Å²) in [6, 6.07) is 6.59. The first-order chi connectivity index (χ1) is 19.0. The van der Waals surface area contributed by atoms with Crippen molar-refractivity contribution in [2.45, 2.75) is 71.1 Å². The molecular weight excluding hydrogens is 513 g/mol. The monoisotopic (exact) mass is 553 g/mol. The molecule has 4 amide bonds. The molecule has 2 heterocycles. The summed E-state index contributed by atoms with van der Waals surface area (Å²) >= 11 is 0. The number of benzene rings is 1. The van der Waals surface area contributed by atoms with E-state index in [-0.39, 0.29) is 35.6 Å². The van der Waals surface area contributed by atoms with Crippen LogP contribution >= 0.6 is 0 Å². The minimum absolute atomic E-state index is 0.0113. The van der Waals surface area contributed by atoms with Gasteiger partial charge in [0.25, 0.3) is 5.91 Å². The molecule has 2 N–H and O–H groups in total. The molecule has 1 aromatic carbocycles. The van der Waals surface area contributed by atoms with Crippen LogP contribution in [0.3, 0.4) is 0 Å². The SMILES string of the molecule is CCC1=CCC(F)C(C(=O)N[C@@H](C(=O)N2CCC3(CC2)C(=O)N(C)CN3c2ccc(NC(C)=O)cc2)C(C)C)=C1. The highest BCUT2D eigenvalue weighted by molar-refractivity contribution is 5.99. The molecule has 2 saturated heterocycles. The smallest absolute Gasteiger partial charge is 0.250 e. The lowest BCUT2D eigenvalue weighted by Gasteiger charge is -2.44. The van der Waals surface area contributed by atoms with Gasteiger partial charge in [0.1, 0.15) is 17.8 Å². The number of anilines is 2. The fourth-order valence-corrected chi connectivity index (χ4v) is 5.84. The second-order valence-electron chi connectivity index (χ2n) is 11.3. The number of rotatable bonds is 7. The maximum absolute atomic E-state index is 14.6. The molecule has 1 aromatic rings. The fraction of sp³-hybridized carbons (Fsp3) is 0.533. The van der Waals surface area contributed by atoms with Crippen LogP contribution in [0.5, 0.6) is 0 Å². The van der Waals surface area contributed by atoms with Gasteiger partial charge in [0, 0.05) is 44.9 Å². The van der Waals surface area contributed by atoms with E-state index in [1.165, 1.54) is 6.92 Å². The molecule has 1 spiro atoms. The van der Waals surface area contributed by atoms with Crippen molar-refractivity contribution in [1.29, 1.82) is 0 Å². The van der Waals surface area contributed by atoms with Crippen molar-refractivity contribution in [3.05, 3.63) is 47.6 Å². The van der Waals surface area contributed by atoms with Crippen LogP contribution in [0.2, 0.25) is 0 Å². The van der Waals surface area contributed by atoms with Crippen molar-refractivity contribution in [2.24, 2.45) is 5.92 Å². The summed E-state index contributed by atoms with van der Waals surface area (Å²) in [5.41, 5.74) is 1.73. The van der Waals surface area contributed by atoms with Crippen molar-refractivity contribution < 1.29 is 23.6 Å². The number of hydrogen-bond donors (Lipinski definition) is 2. The predicted molar refractivity (Wildman–Crippen MR) is 152 cm³/mol. The molecule has 1 aliphatic carbocycles. The average Bonchev–Trinajstić information content (AvgIpc) is 3.16. The maximum atomic E-state index is 14.6.